The van der Waals surface area contributed by atoms with Crippen LogP contribution in [0.4, 0.5) is 14.5 Å². The first-order valence-corrected chi connectivity index (χ1v) is 11.6. The van der Waals surface area contributed by atoms with E-state index in [1.807, 2.05) is 30.3 Å². The summed E-state index contributed by atoms with van der Waals surface area (Å²) in [5.74, 6) is -1.08. The molecule has 0 atom stereocenters. The number of pyridine rings is 1. The second-order valence-corrected chi connectivity index (χ2v) is 8.97. The number of primary amides is 1. The number of rotatable bonds is 6. The molecule has 8 nitrogen and oxygen atoms in total. The molecule has 4 heterocycles. The third kappa shape index (κ3) is 3.93. The molecule has 4 aromatic heterocycles. The fraction of sp³-hybridized carbons (Fsp3) is 0.120. The SMILES string of the molecule is Cc1nn(-c2ccccc2)c(C)c1C(=O)Nc1c(C(N)=O)sc2nc(C(F)F)cc(-c3ccco3)c12. The van der Waals surface area contributed by atoms with Gasteiger partial charge in [-0.3, -0.25) is 9.59 Å². The highest BCUT2D eigenvalue weighted by Crippen LogP contribution is 2.42. The number of hydrogen-bond acceptors (Lipinski definition) is 6. The molecule has 182 valence electrons. The normalized spacial score (nSPS) is 11.4. The van der Waals surface area contributed by atoms with Crippen LogP contribution in [0.5, 0.6) is 0 Å². The van der Waals surface area contributed by atoms with Gasteiger partial charge in [-0.05, 0) is 44.2 Å². The Morgan fingerprint density at radius 3 is 2.53 bits per heavy atom. The van der Waals surface area contributed by atoms with Gasteiger partial charge >= 0.3 is 0 Å². The number of amides is 2. The van der Waals surface area contributed by atoms with Crippen molar-refractivity contribution in [2.45, 2.75) is 20.3 Å². The summed E-state index contributed by atoms with van der Waals surface area (Å²) in [7, 11) is 0. The number of anilines is 1. The molecular formula is C25H19F2N5O3S. The van der Waals surface area contributed by atoms with Crippen molar-refractivity contribution in [2.75, 3.05) is 5.32 Å². The van der Waals surface area contributed by atoms with Crippen LogP contribution >= 0.6 is 11.3 Å². The van der Waals surface area contributed by atoms with Gasteiger partial charge in [-0.25, -0.2) is 18.4 Å². The van der Waals surface area contributed by atoms with Crippen molar-refractivity contribution in [3.63, 3.8) is 0 Å². The summed E-state index contributed by atoms with van der Waals surface area (Å²) in [6.07, 6.45) is -1.46. The van der Waals surface area contributed by atoms with Gasteiger partial charge in [0.25, 0.3) is 18.2 Å². The number of furan rings is 1. The zero-order chi connectivity index (χ0) is 25.6. The molecule has 3 N–H and O–H groups in total. The Kier molecular flexibility index (Phi) is 5.84. The van der Waals surface area contributed by atoms with Crippen molar-refractivity contribution in [3.8, 4) is 17.0 Å². The summed E-state index contributed by atoms with van der Waals surface area (Å²) < 4.78 is 34.3. The number of alkyl halides is 2. The van der Waals surface area contributed by atoms with Crippen LogP contribution in [0, 0.1) is 13.8 Å². The Labute approximate surface area is 207 Å². The number of nitrogens with two attached hydrogens (primary N) is 1. The first kappa shape index (κ1) is 23.4. The highest BCUT2D eigenvalue weighted by atomic mass is 32.1. The van der Waals surface area contributed by atoms with E-state index >= 15 is 0 Å². The monoisotopic (exact) mass is 507 g/mol. The van der Waals surface area contributed by atoms with Crippen LogP contribution in [0.25, 0.3) is 27.2 Å². The van der Waals surface area contributed by atoms with Crippen molar-refractivity contribution in [1.82, 2.24) is 14.8 Å². The smallest absolute Gasteiger partial charge is 0.280 e. The molecule has 0 aliphatic rings. The molecule has 0 bridgehead atoms. The molecule has 0 fully saturated rings. The molecule has 5 rings (SSSR count). The van der Waals surface area contributed by atoms with Crippen LogP contribution in [0.1, 0.15) is 43.5 Å². The number of carbonyl (C=O) groups excluding carboxylic acids is 2. The minimum Gasteiger partial charge on any atom is -0.464 e. The average molecular weight is 508 g/mol. The van der Waals surface area contributed by atoms with Crippen LogP contribution in [0.3, 0.4) is 0 Å². The van der Waals surface area contributed by atoms with Crippen molar-refractivity contribution >= 4 is 39.1 Å². The minimum absolute atomic E-state index is 0.0178. The minimum atomic E-state index is -2.85. The number of fused-ring (bicyclic) bond motifs is 1. The van der Waals surface area contributed by atoms with Gasteiger partial charge in [0.1, 0.15) is 21.2 Å². The number of carbonyl (C=O) groups is 2. The maximum atomic E-state index is 13.6. The predicted octanol–water partition coefficient (Wildman–Crippen LogP) is 5.65. The number of nitrogens with zero attached hydrogens (tertiary/aromatic N) is 3. The maximum Gasteiger partial charge on any atom is 0.280 e. The number of benzene rings is 1. The van der Waals surface area contributed by atoms with Gasteiger partial charge in [0.2, 0.25) is 0 Å². The maximum absolute atomic E-state index is 13.6. The summed E-state index contributed by atoms with van der Waals surface area (Å²) in [6.45, 7) is 3.46. The largest absolute Gasteiger partial charge is 0.464 e. The summed E-state index contributed by atoms with van der Waals surface area (Å²) in [5, 5.41) is 7.56. The Morgan fingerprint density at radius 2 is 1.89 bits per heavy atom. The molecular weight excluding hydrogens is 488 g/mol. The Morgan fingerprint density at radius 1 is 1.14 bits per heavy atom. The summed E-state index contributed by atoms with van der Waals surface area (Å²) in [4.78, 5) is 30.0. The number of nitrogens with one attached hydrogen (secondary N) is 1. The van der Waals surface area contributed by atoms with Crippen LogP contribution in [0.15, 0.2) is 59.2 Å². The first-order chi connectivity index (χ1) is 17.3. The Balaban J connectivity index is 1.67. The Hall–Kier alpha value is -4.38. The van der Waals surface area contributed by atoms with Gasteiger partial charge in [-0.1, -0.05) is 18.2 Å². The quantitative estimate of drug-likeness (QED) is 0.308. The van der Waals surface area contributed by atoms with E-state index < -0.39 is 23.9 Å². The molecule has 1 aromatic carbocycles. The molecule has 2 amide bonds. The standard InChI is InChI=1S/C25H19F2N5O3S/c1-12-18(13(2)32(31-12)14-7-4-3-5-8-14)24(34)30-20-19-15(17-9-6-10-35-17)11-16(22(26)27)29-25(19)36-21(20)23(28)33/h3-11,22H,1-2H3,(H2,28,33)(H,30,34). The zero-order valence-electron chi connectivity index (χ0n) is 19.1. The Bertz CT molecular complexity index is 1610. The number of hydrogen-bond donors (Lipinski definition) is 2. The number of aryl methyl sites for hydroxylation is 1. The van der Waals surface area contributed by atoms with Gasteiger partial charge in [0.05, 0.1) is 34.6 Å². The molecule has 0 aliphatic carbocycles. The lowest BCUT2D eigenvalue weighted by molar-refractivity contribution is 0.100. The lowest BCUT2D eigenvalue weighted by Gasteiger charge is -2.10. The first-order valence-electron chi connectivity index (χ1n) is 10.8. The molecule has 36 heavy (non-hydrogen) atoms. The summed E-state index contributed by atoms with van der Waals surface area (Å²) in [6, 6.07) is 13.7. The lowest BCUT2D eigenvalue weighted by Crippen LogP contribution is -2.18. The third-order valence-corrected chi connectivity index (χ3v) is 6.77. The van der Waals surface area contributed by atoms with Crippen molar-refractivity contribution in [1.29, 1.82) is 0 Å². The van der Waals surface area contributed by atoms with Crippen molar-refractivity contribution < 1.29 is 22.8 Å². The van der Waals surface area contributed by atoms with Crippen molar-refractivity contribution in [3.05, 3.63) is 82.3 Å². The summed E-state index contributed by atoms with van der Waals surface area (Å²) >= 11 is 0.826. The number of thiophene rings is 1. The van der Waals surface area contributed by atoms with E-state index in [0.29, 0.717) is 17.0 Å². The molecule has 0 unspecified atom stereocenters. The fourth-order valence-corrected chi connectivity index (χ4v) is 5.13. The predicted molar refractivity (Wildman–Crippen MR) is 132 cm³/mol. The molecule has 11 heteroatoms. The second kappa shape index (κ2) is 9.00. The second-order valence-electron chi connectivity index (χ2n) is 7.97. The number of halogens is 2. The van der Waals surface area contributed by atoms with E-state index in [4.69, 9.17) is 10.2 Å². The van der Waals surface area contributed by atoms with Gasteiger partial charge in [0.15, 0.2) is 0 Å². The average Bonchev–Trinajstić information content (AvgIpc) is 3.57. The molecule has 0 aliphatic heterocycles. The number of aromatic nitrogens is 3. The van der Waals surface area contributed by atoms with Crippen molar-refractivity contribution in [2.24, 2.45) is 5.73 Å². The zero-order valence-corrected chi connectivity index (χ0v) is 19.9. The third-order valence-electron chi connectivity index (χ3n) is 5.67. The van der Waals surface area contributed by atoms with Gasteiger partial charge in [-0.15, -0.1) is 11.3 Å². The van der Waals surface area contributed by atoms with E-state index in [1.54, 1.807) is 30.7 Å². The molecule has 5 aromatic rings. The van der Waals surface area contributed by atoms with E-state index in [0.717, 1.165) is 17.0 Å². The van der Waals surface area contributed by atoms with Gasteiger partial charge < -0.3 is 15.5 Å². The van der Waals surface area contributed by atoms with E-state index in [1.165, 1.54) is 12.3 Å². The molecule has 0 spiro atoms. The topological polar surface area (TPSA) is 116 Å². The van der Waals surface area contributed by atoms with Crippen LogP contribution in [-0.2, 0) is 0 Å². The van der Waals surface area contributed by atoms with Crippen LogP contribution in [-0.4, -0.2) is 26.6 Å². The molecule has 0 saturated heterocycles. The van der Waals surface area contributed by atoms with E-state index in [-0.39, 0.29) is 32.1 Å². The van der Waals surface area contributed by atoms with Crippen LogP contribution < -0.4 is 11.1 Å². The number of para-hydroxylation sites is 1. The lowest BCUT2D eigenvalue weighted by atomic mass is 10.1. The van der Waals surface area contributed by atoms with Gasteiger partial charge in [0, 0.05) is 10.9 Å². The molecule has 0 saturated carbocycles. The summed E-state index contributed by atoms with van der Waals surface area (Å²) in [5.41, 5.74) is 7.60. The fourth-order valence-electron chi connectivity index (χ4n) is 4.12. The molecule has 0 radical (unpaired) electrons. The van der Waals surface area contributed by atoms with Gasteiger partial charge in [-0.2, -0.15) is 5.10 Å². The van der Waals surface area contributed by atoms with E-state index in [9.17, 15) is 18.4 Å². The highest BCUT2D eigenvalue weighted by Gasteiger charge is 2.27. The van der Waals surface area contributed by atoms with E-state index in [2.05, 4.69) is 15.4 Å². The highest BCUT2D eigenvalue weighted by molar-refractivity contribution is 7.21. The van der Waals surface area contributed by atoms with Crippen LogP contribution in [0.2, 0.25) is 0 Å².